The van der Waals surface area contributed by atoms with E-state index in [0.717, 1.165) is 33.6 Å². The summed E-state index contributed by atoms with van der Waals surface area (Å²) in [6, 6.07) is 28.2. The Kier molecular flexibility index (Phi) is 5.39. The quantitative estimate of drug-likeness (QED) is 0.350. The Morgan fingerprint density at radius 1 is 0.552 bits per heavy atom. The Morgan fingerprint density at radius 3 is 1.59 bits per heavy atom. The highest BCUT2D eigenvalue weighted by Gasteiger charge is 2.16. The Morgan fingerprint density at radius 2 is 1.03 bits per heavy atom. The number of fused-ring (bicyclic) bond motifs is 1. The van der Waals surface area contributed by atoms with Gasteiger partial charge in [-0.25, -0.2) is 0 Å². The molecule has 0 aliphatic carbocycles. The molecule has 29 heavy (non-hydrogen) atoms. The largest absolute Gasteiger partial charge is 0.497 e. The maximum Gasteiger partial charge on any atom is 0.267 e. The monoisotopic (exact) mass is 384 g/mol. The molecule has 0 radical (unpaired) electrons. The van der Waals surface area contributed by atoms with Gasteiger partial charge in [-0.15, -0.1) is 0 Å². The van der Waals surface area contributed by atoms with Crippen LogP contribution in [0.5, 0.6) is 17.2 Å². The summed E-state index contributed by atoms with van der Waals surface area (Å²) in [7, 11) is 1.68. The molecule has 0 aliphatic rings. The summed E-state index contributed by atoms with van der Waals surface area (Å²) < 4.78 is 17.8. The molecular formula is C26H24O3. The molecule has 4 rings (SSSR count). The zero-order chi connectivity index (χ0) is 20.2. The number of ether oxygens (including phenoxy) is 3. The fourth-order valence-corrected chi connectivity index (χ4v) is 3.16. The second-order valence-electron chi connectivity index (χ2n) is 7.17. The maximum atomic E-state index is 6.24. The van der Waals surface area contributed by atoms with Crippen molar-refractivity contribution < 1.29 is 14.2 Å². The highest BCUT2D eigenvalue weighted by atomic mass is 16.7. The lowest BCUT2D eigenvalue weighted by molar-refractivity contribution is 0.00390. The summed E-state index contributed by atoms with van der Waals surface area (Å²) in [6.45, 7) is 4.11. The minimum absolute atomic E-state index is 0.563. The first kappa shape index (κ1) is 18.9. The minimum atomic E-state index is -0.563. The van der Waals surface area contributed by atoms with Gasteiger partial charge in [-0.3, -0.25) is 0 Å². The Bertz CT molecular complexity index is 1050. The second kappa shape index (κ2) is 8.27. The van der Waals surface area contributed by atoms with Gasteiger partial charge in [-0.05, 0) is 67.1 Å². The summed E-state index contributed by atoms with van der Waals surface area (Å²) in [4.78, 5) is 0. The van der Waals surface area contributed by atoms with E-state index in [1.807, 2.05) is 72.8 Å². The lowest BCUT2D eigenvalue weighted by Gasteiger charge is -2.21. The highest BCUT2D eigenvalue weighted by molar-refractivity contribution is 5.84. The van der Waals surface area contributed by atoms with Crippen molar-refractivity contribution in [2.45, 2.75) is 20.1 Å². The van der Waals surface area contributed by atoms with Gasteiger partial charge < -0.3 is 14.2 Å². The van der Waals surface area contributed by atoms with Crippen molar-refractivity contribution in [3.63, 3.8) is 0 Å². The zero-order valence-corrected chi connectivity index (χ0v) is 16.9. The molecule has 0 aliphatic heterocycles. The number of hydrogen-bond acceptors (Lipinski definition) is 3. The van der Waals surface area contributed by atoms with Crippen molar-refractivity contribution in [2.24, 2.45) is 0 Å². The van der Waals surface area contributed by atoms with Gasteiger partial charge in [0, 0.05) is 5.56 Å². The van der Waals surface area contributed by atoms with Crippen molar-refractivity contribution in [2.75, 3.05) is 7.11 Å². The smallest absolute Gasteiger partial charge is 0.267 e. The van der Waals surface area contributed by atoms with E-state index in [2.05, 4.69) is 26.0 Å². The molecule has 4 aromatic carbocycles. The average molecular weight is 384 g/mol. The van der Waals surface area contributed by atoms with Crippen LogP contribution in [0.2, 0.25) is 0 Å². The van der Waals surface area contributed by atoms with Gasteiger partial charge in [0.15, 0.2) is 0 Å². The van der Waals surface area contributed by atoms with E-state index < -0.39 is 6.29 Å². The Labute approximate surface area is 171 Å². The van der Waals surface area contributed by atoms with Crippen LogP contribution in [0.15, 0.2) is 84.9 Å². The van der Waals surface area contributed by atoms with E-state index in [9.17, 15) is 0 Å². The van der Waals surface area contributed by atoms with Crippen molar-refractivity contribution in [1.82, 2.24) is 0 Å². The first-order valence-electron chi connectivity index (χ1n) is 9.65. The molecule has 146 valence electrons. The van der Waals surface area contributed by atoms with Crippen LogP contribution in [0.25, 0.3) is 10.8 Å². The number of benzene rings is 4. The molecule has 0 unspecified atom stereocenters. The topological polar surface area (TPSA) is 27.7 Å². The summed E-state index contributed by atoms with van der Waals surface area (Å²) in [5, 5.41) is 2.21. The molecule has 0 heterocycles. The van der Waals surface area contributed by atoms with E-state index in [4.69, 9.17) is 14.2 Å². The molecule has 4 aromatic rings. The molecule has 0 bridgehead atoms. The lowest BCUT2D eigenvalue weighted by Crippen LogP contribution is -2.15. The Hall–Kier alpha value is -3.46. The molecule has 0 amide bonds. The fourth-order valence-electron chi connectivity index (χ4n) is 3.16. The van der Waals surface area contributed by atoms with E-state index in [1.54, 1.807) is 7.11 Å². The maximum absolute atomic E-state index is 6.24. The van der Waals surface area contributed by atoms with Crippen molar-refractivity contribution in [1.29, 1.82) is 0 Å². The summed E-state index contributed by atoms with van der Waals surface area (Å²) >= 11 is 0. The Balaban J connectivity index is 1.68. The van der Waals surface area contributed by atoms with E-state index in [-0.39, 0.29) is 0 Å². The molecule has 0 N–H and O–H groups in total. The minimum Gasteiger partial charge on any atom is -0.497 e. The molecule has 0 saturated carbocycles. The van der Waals surface area contributed by atoms with Crippen LogP contribution in [0, 0.1) is 13.8 Å². The van der Waals surface area contributed by atoms with Crippen LogP contribution in [-0.2, 0) is 0 Å². The van der Waals surface area contributed by atoms with Crippen molar-refractivity contribution in [3.05, 3.63) is 102 Å². The molecule has 0 atom stereocenters. The van der Waals surface area contributed by atoms with E-state index >= 15 is 0 Å². The average Bonchev–Trinajstić information content (AvgIpc) is 2.75. The van der Waals surface area contributed by atoms with Crippen LogP contribution < -0.4 is 14.2 Å². The van der Waals surface area contributed by atoms with Gasteiger partial charge in [0.05, 0.1) is 7.11 Å². The van der Waals surface area contributed by atoms with Crippen LogP contribution in [0.1, 0.15) is 23.0 Å². The van der Waals surface area contributed by atoms with Gasteiger partial charge in [0.25, 0.3) is 6.29 Å². The van der Waals surface area contributed by atoms with Crippen molar-refractivity contribution in [3.8, 4) is 17.2 Å². The van der Waals surface area contributed by atoms with Crippen molar-refractivity contribution >= 4 is 10.8 Å². The fraction of sp³-hybridized carbons (Fsp3) is 0.154. The van der Waals surface area contributed by atoms with Crippen LogP contribution in [-0.4, -0.2) is 7.11 Å². The third kappa shape index (κ3) is 4.52. The third-order valence-electron chi connectivity index (χ3n) is 4.87. The first-order valence-corrected chi connectivity index (χ1v) is 9.65. The zero-order valence-electron chi connectivity index (χ0n) is 16.9. The number of hydrogen-bond donors (Lipinski definition) is 0. The normalized spacial score (nSPS) is 10.9. The van der Waals surface area contributed by atoms with Gasteiger partial charge in [-0.1, -0.05) is 53.6 Å². The van der Waals surface area contributed by atoms with E-state index in [1.165, 1.54) is 11.1 Å². The number of rotatable bonds is 6. The molecule has 3 nitrogen and oxygen atoms in total. The molecule has 0 fully saturated rings. The van der Waals surface area contributed by atoms with Gasteiger partial charge in [-0.2, -0.15) is 0 Å². The lowest BCUT2D eigenvalue weighted by atomic mass is 10.1. The van der Waals surface area contributed by atoms with Crippen LogP contribution in [0.3, 0.4) is 0 Å². The third-order valence-corrected chi connectivity index (χ3v) is 4.87. The second-order valence-corrected chi connectivity index (χ2v) is 7.17. The number of aryl methyl sites for hydroxylation is 2. The SMILES string of the molecule is COc1ccc2cc(C(Oc3ccc(C)cc3)Oc3ccc(C)cc3)ccc2c1. The predicted molar refractivity (Wildman–Crippen MR) is 117 cm³/mol. The summed E-state index contributed by atoms with van der Waals surface area (Å²) in [6.07, 6.45) is -0.563. The predicted octanol–water partition coefficient (Wildman–Crippen LogP) is 6.62. The number of methoxy groups -OCH3 is 1. The van der Waals surface area contributed by atoms with Gasteiger partial charge in [0.2, 0.25) is 0 Å². The van der Waals surface area contributed by atoms with Gasteiger partial charge in [0.1, 0.15) is 17.2 Å². The summed E-state index contributed by atoms with van der Waals surface area (Å²) in [5.41, 5.74) is 3.32. The molecule has 0 aromatic heterocycles. The standard InChI is InChI=1S/C26H24O3/c1-18-4-11-23(12-5-18)28-26(29-24-13-6-19(2)7-14-24)22-9-8-21-17-25(27-3)15-10-20(21)16-22/h4-17,26H,1-3H3. The molecular weight excluding hydrogens is 360 g/mol. The first-order chi connectivity index (χ1) is 14.1. The molecule has 0 spiro atoms. The summed E-state index contributed by atoms with van der Waals surface area (Å²) in [5.74, 6) is 2.37. The molecule has 0 saturated heterocycles. The van der Waals surface area contributed by atoms with Crippen LogP contribution in [0.4, 0.5) is 0 Å². The van der Waals surface area contributed by atoms with Gasteiger partial charge >= 0.3 is 0 Å². The highest BCUT2D eigenvalue weighted by Crippen LogP contribution is 2.29. The van der Waals surface area contributed by atoms with Crippen LogP contribution >= 0.6 is 0 Å². The van der Waals surface area contributed by atoms with E-state index in [0.29, 0.717) is 0 Å². The molecule has 3 heteroatoms.